The van der Waals surface area contributed by atoms with E-state index in [9.17, 15) is 5.11 Å². The number of hydrogen-bond acceptors (Lipinski definition) is 5. The molecule has 0 aliphatic rings. The summed E-state index contributed by atoms with van der Waals surface area (Å²) in [6, 6.07) is 7.68. The second-order valence-corrected chi connectivity index (χ2v) is 8.29. The monoisotopic (exact) mass is 485 g/mol. The van der Waals surface area contributed by atoms with Gasteiger partial charge in [0.2, 0.25) is 4.80 Å². The van der Waals surface area contributed by atoms with Crippen LogP contribution in [0.25, 0.3) is 10.6 Å². The van der Waals surface area contributed by atoms with Gasteiger partial charge in [0.25, 0.3) is 0 Å². The first kappa shape index (κ1) is 17.6. The summed E-state index contributed by atoms with van der Waals surface area (Å²) >= 11 is 9.97. The summed E-state index contributed by atoms with van der Waals surface area (Å²) < 4.78 is 3.29. The van der Waals surface area contributed by atoms with E-state index in [1.165, 1.54) is 0 Å². The lowest BCUT2D eigenvalue weighted by Gasteiger charge is -2.04. The summed E-state index contributed by atoms with van der Waals surface area (Å²) in [6.45, 7) is 2.68. The maximum Gasteiger partial charge on any atom is 0.206 e. The molecule has 2 heterocycles. The van der Waals surface area contributed by atoms with Crippen molar-refractivity contribution in [3.8, 4) is 16.3 Å². The largest absolute Gasteiger partial charge is 0.506 e. The predicted molar refractivity (Wildman–Crippen MR) is 108 cm³/mol. The van der Waals surface area contributed by atoms with Gasteiger partial charge in [-0.3, -0.25) is 4.99 Å². The van der Waals surface area contributed by atoms with Crippen molar-refractivity contribution < 1.29 is 5.11 Å². The quantitative estimate of drug-likeness (QED) is 0.499. The van der Waals surface area contributed by atoms with Crippen molar-refractivity contribution in [2.24, 2.45) is 10.1 Å². The smallest absolute Gasteiger partial charge is 0.206 e. The SMILES string of the molecule is CCN=c1scc(-c2cccs2)n1N=Cc1cc(Br)cc(Br)c1O. The first-order chi connectivity index (χ1) is 11.6. The average molecular weight is 487 g/mol. The fourth-order valence-corrected chi connectivity index (χ4v) is 5.01. The van der Waals surface area contributed by atoms with Crippen LogP contribution in [0, 0.1) is 0 Å². The molecule has 124 valence electrons. The van der Waals surface area contributed by atoms with E-state index in [4.69, 9.17) is 0 Å². The highest BCUT2D eigenvalue weighted by Crippen LogP contribution is 2.31. The fraction of sp³-hybridized carbons (Fsp3) is 0.125. The number of benzene rings is 1. The third-order valence-electron chi connectivity index (χ3n) is 3.12. The number of rotatable bonds is 4. The van der Waals surface area contributed by atoms with Crippen LogP contribution in [0.2, 0.25) is 0 Å². The Bertz CT molecular complexity index is 943. The van der Waals surface area contributed by atoms with E-state index in [1.807, 2.05) is 34.5 Å². The molecule has 0 bridgehead atoms. The van der Waals surface area contributed by atoms with E-state index in [-0.39, 0.29) is 5.75 Å². The summed E-state index contributed by atoms with van der Waals surface area (Å²) in [5.74, 6) is 0.157. The van der Waals surface area contributed by atoms with Gasteiger partial charge in [-0.2, -0.15) is 5.10 Å². The van der Waals surface area contributed by atoms with Crippen LogP contribution in [0.15, 0.2) is 54.1 Å². The van der Waals surface area contributed by atoms with Crippen molar-refractivity contribution in [3.05, 3.63) is 54.3 Å². The van der Waals surface area contributed by atoms with Crippen LogP contribution >= 0.6 is 54.5 Å². The second-order valence-electron chi connectivity index (χ2n) is 4.74. The minimum Gasteiger partial charge on any atom is -0.506 e. The molecule has 0 fully saturated rings. The number of aromatic hydroxyl groups is 1. The highest BCUT2D eigenvalue weighted by Gasteiger charge is 2.09. The molecular weight excluding hydrogens is 474 g/mol. The molecule has 0 spiro atoms. The summed E-state index contributed by atoms with van der Waals surface area (Å²) in [5, 5.41) is 18.8. The van der Waals surface area contributed by atoms with Crippen molar-refractivity contribution in [3.63, 3.8) is 0 Å². The molecule has 0 atom stereocenters. The van der Waals surface area contributed by atoms with Gasteiger partial charge in [-0.05, 0) is 46.4 Å². The van der Waals surface area contributed by atoms with Gasteiger partial charge in [0.15, 0.2) is 0 Å². The summed E-state index contributed by atoms with van der Waals surface area (Å²) in [4.78, 5) is 6.45. The van der Waals surface area contributed by atoms with Crippen molar-refractivity contribution >= 4 is 60.7 Å². The standard InChI is InChI=1S/C16H13Br2N3OS2/c1-2-19-16-21(13(9-24-16)14-4-3-5-23-14)20-8-10-6-11(17)7-12(18)15(10)22/h3-9,22H,2H2,1H3. The number of hydrogen-bond donors (Lipinski definition) is 1. The zero-order valence-electron chi connectivity index (χ0n) is 12.6. The van der Waals surface area contributed by atoms with Gasteiger partial charge >= 0.3 is 0 Å². The van der Waals surface area contributed by atoms with Crippen molar-refractivity contribution in [2.45, 2.75) is 6.92 Å². The van der Waals surface area contributed by atoms with E-state index in [0.29, 0.717) is 16.6 Å². The van der Waals surface area contributed by atoms with Crippen LogP contribution in [0.4, 0.5) is 0 Å². The Balaban J connectivity index is 2.10. The Labute approximate surface area is 164 Å². The van der Waals surface area contributed by atoms with E-state index < -0.39 is 0 Å². The third-order valence-corrected chi connectivity index (χ3v) is 5.93. The van der Waals surface area contributed by atoms with Gasteiger partial charge in [0, 0.05) is 22.0 Å². The normalized spacial score (nSPS) is 12.4. The molecule has 24 heavy (non-hydrogen) atoms. The van der Waals surface area contributed by atoms with E-state index in [2.05, 4.69) is 48.0 Å². The molecule has 0 saturated heterocycles. The highest BCUT2D eigenvalue weighted by atomic mass is 79.9. The van der Waals surface area contributed by atoms with Crippen LogP contribution < -0.4 is 4.80 Å². The lowest BCUT2D eigenvalue weighted by molar-refractivity contribution is 0.471. The van der Waals surface area contributed by atoms with Crippen molar-refractivity contribution in [1.82, 2.24) is 4.68 Å². The number of aromatic nitrogens is 1. The van der Waals surface area contributed by atoms with Gasteiger partial charge in [0.05, 0.1) is 21.3 Å². The fourth-order valence-electron chi connectivity index (χ4n) is 2.05. The Hall–Kier alpha value is -1.22. The maximum atomic E-state index is 10.2. The van der Waals surface area contributed by atoms with Gasteiger partial charge < -0.3 is 5.11 Å². The summed E-state index contributed by atoms with van der Waals surface area (Å²) in [5.41, 5.74) is 1.61. The van der Waals surface area contributed by atoms with Crippen LogP contribution in [0.5, 0.6) is 5.75 Å². The first-order valence-electron chi connectivity index (χ1n) is 7.07. The minimum absolute atomic E-state index is 0.157. The molecule has 2 aromatic heterocycles. The Morgan fingerprint density at radius 1 is 1.29 bits per heavy atom. The molecule has 0 amide bonds. The predicted octanol–water partition coefficient (Wildman–Crippen LogP) is 5.31. The third kappa shape index (κ3) is 3.72. The lowest BCUT2D eigenvalue weighted by atomic mass is 10.2. The number of thiazole rings is 1. The lowest BCUT2D eigenvalue weighted by Crippen LogP contribution is -2.12. The summed E-state index contributed by atoms with van der Waals surface area (Å²) in [7, 11) is 0. The molecule has 1 N–H and O–H groups in total. The first-order valence-corrected chi connectivity index (χ1v) is 10.4. The maximum absolute atomic E-state index is 10.2. The Morgan fingerprint density at radius 3 is 2.83 bits per heavy atom. The Kier molecular flexibility index (Phi) is 5.70. The molecule has 1 aromatic carbocycles. The topological polar surface area (TPSA) is 49.9 Å². The van der Waals surface area contributed by atoms with Crippen LogP contribution in [-0.2, 0) is 0 Å². The molecule has 4 nitrogen and oxygen atoms in total. The van der Waals surface area contributed by atoms with Gasteiger partial charge in [-0.15, -0.1) is 22.7 Å². The van der Waals surface area contributed by atoms with E-state index in [1.54, 1.807) is 35.0 Å². The zero-order valence-corrected chi connectivity index (χ0v) is 17.4. The molecule has 0 saturated carbocycles. The van der Waals surface area contributed by atoms with Gasteiger partial charge in [0.1, 0.15) is 5.75 Å². The van der Waals surface area contributed by atoms with Gasteiger partial charge in [-0.25, -0.2) is 4.68 Å². The number of phenols is 1. The van der Waals surface area contributed by atoms with Crippen molar-refractivity contribution in [1.29, 1.82) is 0 Å². The summed E-state index contributed by atoms with van der Waals surface area (Å²) in [6.07, 6.45) is 1.64. The van der Waals surface area contributed by atoms with Crippen LogP contribution in [-0.4, -0.2) is 22.5 Å². The minimum atomic E-state index is 0.157. The molecule has 0 aliphatic heterocycles. The van der Waals surface area contributed by atoms with E-state index >= 15 is 0 Å². The number of phenolic OH excluding ortho intramolecular Hbond substituents is 1. The molecule has 3 rings (SSSR count). The number of halogens is 2. The second kappa shape index (κ2) is 7.77. The van der Waals surface area contributed by atoms with Crippen LogP contribution in [0.1, 0.15) is 12.5 Å². The molecule has 0 radical (unpaired) electrons. The number of thiophene rings is 1. The average Bonchev–Trinajstić information content (AvgIpc) is 3.19. The number of nitrogens with zero attached hydrogens (tertiary/aromatic N) is 3. The van der Waals surface area contributed by atoms with Crippen molar-refractivity contribution in [2.75, 3.05) is 6.54 Å². The molecule has 0 aliphatic carbocycles. The molecule has 3 aromatic rings. The molecule has 8 heteroatoms. The zero-order chi connectivity index (χ0) is 17.1. The Morgan fingerprint density at radius 2 is 2.12 bits per heavy atom. The van der Waals surface area contributed by atoms with E-state index in [0.717, 1.165) is 19.8 Å². The highest BCUT2D eigenvalue weighted by molar-refractivity contribution is 9.11. The molecular formula is C16H13Br2N3OS2. The molecule has 0 unspecified atom stereocenters. The van der Waals surface area contributed by atoms with Crippen LogP contribution in [0.3, 0.4) is 0 Å². The van der Waals surface area contributed by atoms with Gasteiger partial charge in [-0.1, -0.05) is 22.0 Å².